The minimum Gasteiger partial charge on any atom is -0.480 e. The summed E-state index contributed by atoms with van der Waals surface area (Å²) in [5.41, 5.74) is -0.934. The highest BCUT2D eigenvalue weighted by atomic mass is 16.5. The van der Waals surface area contributed by atoms with Gasteiger partial charge in [-0.05, 0) is 39.9 Å². The molecule has 5 nitrogen and oxygen atoms in total. The third kappa shape index (κ3) is 2.72. The first-order chi connectivity index (χ1) is 7.52. The standard InChI is InChI=1S/C11H22N2O3/c1-11(8-16-3,10(14)15)13(2)9-4-6-12-7-5-9/h9,12H,4-8H2,1-3H3,(H,14,15). The molecular formula is C11H22N2O3. The lowest BCUT2D eigenvalue weighted by Crippen LogP contribution is -2.59. The molecule has 94 valence electrons. The van der Waals surface area contributed by atoms with Gasteiger partial charge >= 0.3 is 5.97 Å². The van der Waals surface area contributed by atoms with Crippen LogP contribution >= 0.6 is 0 Å². The first-order valence-electron chi connectivity index (χ1n) is 5.68. The summed E-state index contributed by atoms with van der Waals surface area (Å²) in [4.78, 5) is 13.3. The molecule has 0 aromatic rings. The molecule has 1 aliphatic heterocycles. The Morgan fingerprint density at radius 3 is 2.56 bits per heavy atom. The number of piperidine rings is 1. The van der Waals surface area contributed by atoms with E-state index in [1.165, 1.54) is 7.11 Å². The topological polar surface area (TPSA) is 61.8 Å². The molecule has 0 saturated carbocycles. The fourth-order valence-corrected chi connectivity index (χ4v) is 2.19. The minimum absolute atomic E-state index is 0.211. The van der Waals surface area contributed by atoms with E-state index in [0.717, 1.165) is 25.9 Å². The van der Waals surface area contributed by atoms with E-state index in [4.69, 9.17) is 4.74 Å². The number of hydrogen-bond donors (Lipinski definition) is 2. The molecule has 2 N–H and O–H groups in total. The second kappa shape index (κ2) is 5.61. The quantitative estimate of drug-likeness (QED) is 0.704. The molecule has 1 unspecified atom stereocenters. The number of carboxylic acids is 1. The van der Waals surface area contributed by atoms with Crippen LogP contribution in [0.2, 0.25) is 0 Å². The first kappa shape index (κ1) is 13.4. The Morgan fingerprint density at radius 2 is 2.12 bits per heavy atom. The highest BCUT2D eigenvalue weighted by Gasteiger charge is 2.41. The second-order valence-electron chi connectivity index (χ2n) is 4.60. The largest absolute Gasteiger partial charge is 0.480 e. The van der Waals surface area contributed by atoms with Crippen molar-refractivity contribution in [2.24, 2.45) is 0 Å². The summed E-state index contributed by atoms with van der Waals surface area (Å²) in [6.45, 7) is 3.85. The van der Waals surface area contributed by atoms with Crippen molar-refractivity contribution in [3.8, 4) is 0 Å². The van der Waals surface area contributed by atoms with Gasteiger partial charge in [-0.2, -0.15) is 0 Å². The fraction of sp³-hybridized carbons (Fsp3) is 0.909. The van der Waals surface area contributed by atoms with Crippen molar-refractivity contribution in [2.45, 2.75) is 31.3 Å². The van der Waals surface area contributed by atoms with Crippen molar-refractivity contribution >= 4 is 5.97 Å². The first-order valence-corrected chi connectivity index (χ1v) is 5.68. The number of carboxylic acid groups (broad SMARTS) is 1. The molecule has 0 aromatic carbocycles. The number of aliphatic carboxylic acids is 1. The minimum atomic E-state index is -0.934. The van der Waals surface area contributed by atoms with Crippen LogP contribution < -0.4 is 5.32 Å². The maximum absolute atomic E-state index is 11.4. The van der Waals surface area contributed by atoms with Crippen LogP contribution in [0.1, 0.15) is 19.8 Å². The van der Waals surface area contributed by atoms with Gasteiger partial charge in [0.15, 0.2) is 0 Å². The Hall–Kier alpha value is -0.650. The molecule has 0 spiro atoms. The van der Waals surface area contributed by atoms with Crippen LogP contribution in [0, 0.1) is 0 Å². The summed E-state index contributed by atoms with van der Waals surface area (Å²) in [5.74, 6) is -0.824. The molecule has 0 aromatic heterocycles. The van der Waals surface area contributed by atoms with Crippen molar-refractivity contribution in [3.05, 3.63) is 0 Å². The molecule has 1 fully saturated rings. The molecule has 1 aliphatic rings. The molecule has 1 saturated heterocycles. The Kier molecular flexibility index (Phi) is 4.70. The van der Waals surface area contributed by atoms with Gasteiger partial charge in [0, 0.05) is 13.2 Å². The molecule has 0 radical (unpaired) electrons. The average Bonchev–Trinajstić information content (AvgIpc) is 2.29. The van der Waals surface area contributed by atoms with Crippen LogP contribution in [0.15, 0.2) is 0 Å². The normalized spacial score (nSPS) is 22.0. The summed E-state index contributed by atoms with van der Waals surface area (Å²) in [6, 6.07) is 0.317. The number of hydrogen-bond acceptors (Lipinski definition) is 4. The maximum Gasteiger partial charge on any atom is 0.326 e. The van der Waals surface area contributed by atoms with Gasteiger partial charge in [-0.3, -0.25) is 9.69 Å². The second-order valence-corrected chi connectivity index (χ2v) is 4.60. The SMILES string of the molecule is COCC(C)(C(=O)O)N(C)C1CCNCC1. The van der Waals surface area contributed by atoms with Crippen molar-refractivity contribution in [1.82, 2.24) is 10.2 Å². The highest BCUT2D eigenvalue weighted by molar-refractivity contribution is 5.78. The summed E-state index contributed by atoms with van der Waals surface area (Å²) in [7, 11) is 3.42. The number of nitrogens with one attached hydrogen (secondary N) is 1. The van der Waals surface area contributed by atoms with Gasteiger partial charge in [0.2, 0.25) is 0 Å². The third-order valence-corrected chi connectivity index (χ3v) is 3.52. The number of nitrogens with zero attached hydrogens (tertiary/aromatic N) is 1. The zero-order valence-electron chi connectivity index (χ0n) is 10.3. The molecular weight excluding hydrogens is 208 g/mol. The zero-order chi connectivity index (χ0) is 12.2. The van der Waals surface area contributed by atoms with Crippen LogP contribution in [-0.2, 0) is 9.53 Å². The molecule has 5 heteroatoms. The summed E-state index contributed by atoms with van der Waals surface area (Å²) in [5, 5.41) is 12.6. The highest BCUT2D eigenvalue weighted by Crippen LogP contribution is 2.21. The van der Waals surface area contributed by atoms with Gasteiger partial charge in [-0.25, -0.2) is 0 Å². The van der Waals surface area contributed by atoms with E-state index in [9.17, 15) is 9.90 Å². The van der Waals surface area contributed by atoms with Crippen LogP contribution in [0.3, 0.4) is 0 Å². The van der Waals surface area contributed by atoms with Crippen molar-refractivity contribution in [3.63, 3.8) is 0 Å². The molecule has 0 aliphatic carbocycles. The van der Waals surface area contributed by atoms with Gasteiger partial charge in [-0.1, -0.05) is 0 Å². The number of methoxy groups -OCH3 is 1. The predicted molar refractivity (Wildman–Crippen MR) is 61.6 cm³/mol. The van der Waals surface area contributed by atoms with E-state index in [1.54, 1.807) is 6.92 Å². The van der Waals surface area contributed by atoms with Gasteiger partial charge in [0.25, 0.3) is 0 Å². The molecule has 1 atom stereocenters. The van der Waals surface area contributed by atoms with E-state index in [-0.39, 0.29) is 6.61 Å². The van der Waals surface area contributed by atoms with E-state index >= 15 is 0 Å². The summed E-state index contributed by atoms with van der Waals surface area (Å²) < 4.78 is 5.04. The molecule has 0 bridgehead atoms. The summed E-state index contributed by atoms with van der Waals surface area (Å²) >= 11 is 0. The predicted octanol–water partition coefficient (Wildman–Crippen LogP) is 0.160. The molecule has 16 heavy (non-hydrogen) atoms. The van der Waals surface area contributed by atoms with Crippen LogP contribution in [0.5, 0.6) is 0 Å². The number of ether oxygens (including phenoxy) is 1. The number of likely N-dealkylation sites (N-methyl/N-ethyl adjacent to an activating group) is 1. The summed E-state index contributed by atoms with van der Waals surface area (Å²) in [6.07, 6.45) is 1.98. The smallest absolute Gasteiger partial charge is 0.326 e. The Bertz CT molecular complexity index is 241. The number of carbonyl (C=O) groups is 1. The monoisotopic (exact) mass is 230 g/mol. The average molecular weight is 230 g/mol. The van der Waals surface area contributed by atoms with E-state index in [0.29, 0.717) is 6.04 Å². The lowest BCUT2D eigenvalue weighted by molar-refractivity contribution is -0.155. The van der Waals surface area contributed by atoms with Gasteiger partial charge in [0.1, 0.15) is 5.54 Å². The van der Waals surface area contributed by atoms with Gasteiger partial charge in [0.05, 0.1) is 6.61 Å². The van der Waals surface area contributed by atoms with Gasteiger partial charge < -0.3 is 15.2 Å². The van der Waals surface area contributed by atoms with Crippen molar-refractivity contribution in [2.75, 3.05) is 33.9 Å². The van der Waals surface area contributed by atoms with E-state index in [2.05, 4.69) is 5.32 Å². The van der Waals surface area contributed by atoms with Crippen molar-refractivity contribution < 1.29 is 14.6 Å². The van der Waals surface area contributed by atoms with E-state index < -0.39 is 11.5 Å². The molecule has 1 heterocycles. The van der Waals surface area contributed by atoms with Crippen LogP contribution in [0.4, 0.5) is 0 Å². The molecule has 1 rings (SSSR count). The lowest BCUT2D eigenvalue weighted by atomic mass is 9.95. The van der Waals surface area contributed by atoms with E-state index in [1.807, 2.05) is 11.9 Å². The van der Waals surface area contributed by atoms with Crippen LogP contribution in [-0.4, -0.2) is 61.4 Å². The fourth-order valence-electron chi connectivity index (χ4n) is 2.19. The van der Waals surface area contributed by atoms with Crippen molar-refractivity contribution in [1.29, 1.82) is 0 Å². The molecule has 0 amide bonds. The Morgan fingerprint density at radius 1 is 1.56 bits per heavy atom. The number of rotatable bonds is 5. The van der Waals surface area contributed by atoms with Gasteiger partial charge in [-0.15, -0.1) is 0 Å². The zero-order valence-corrected chi connectivity index (χ0v) is 10.3. The lowest BCUT2D eigenvalue weighted by Gasteiger charge is -2.41. The Balaban J connectivity index is 2.72. The van der Waals surface area contributed by atoms with Crippen LogP contribution in [0.25, 0.3) is 0 Å². The third-order valence-electron chi connectivity index (χ3n) is 3.52. The maximum atomic E-state index is 11.4. The Labute approximate surface area is 96.8 Å².